The van der Waals surface area contributed by atoms with E-state index in [0.29, 0.717) is 11.7 Å². The number of anilines is 1. The SMILES string of the molecule is COc1ccc(-c2nnc(SCC(=O)Nc3cccc(SC)c3)n2CC2CCCO2)cc1. The molecule has 7 nitrogen and oxygen atoms in total. The number of nitrogens with one attached hydrogen (secondary N) is 1. The topological polar surface area (TPSA) is 78.3 Å². The number of hydrogen-bond donors (Lipinski definition) is 1. The molecule has 0 spiro atoms. The molecule has 1 saturated heterocycles. The number of rotatable bonds is 9. The molecule has 0 radical (unpaired) electrons. The maximum atomic E-state index is 12.6. The fourth-order valence-corrected chi connectivity index (χ4v) is 4.74. The first-order valence-corrected chi connectivity index (χ1v) is 12.6. The maximum absolute atomic E-state index is 12.6. The number of methoxy groups -OCH3 is 1. The predicted molar refractivity (Wildman–Crippen MR) is 129 cm³/mol. The Hall–Kier alpha value is -2.49. The zero-order chi connectivity index (χ0) is 22.3. The fraction of sp³-hybridized carbons (Fsp3) is 0.348. The van der Waals surface area contributed by atoms with E-state index in [9.17, 15) is 4.79 Å². The molecule has 0 bridgehead atoms. The van der Waals surface area contributed by atoms with Gasteiger partial charge in [0.15, 0.2) is 11.0 Å². The first-order valence-electron chi connectivity index (χ1n) is 10.4. The van der Waals surface area contributed by atoms with Gasteiger partial charge in [0.05, 0.1) is 25.5 Å². The van der Waals surface area contributed by atoms with Crippen molar-refractivity contribution >= 4 is 35.1 Å². The Balaban J connectivity index is 1.49. The Bertz CT molecular complexity index is 1050. The van der Waals surface area contributed by atoms with E-state index in [2.05, 4.69) is 20.1 Å². The average Bonchev–Trinajstić information content (AvgIpc) is 3.48. The number of amides is 1. The minimum atomic E-state index is -0.0779. The molecule has 1 N–H and O–H groups in total. The van der Waals surface area contributed by atoms with Crippen LogP contribution in [0.2, 0.25) is 0 Å². The van der Waals surface area contributed by atoms with Crippen LogP contribution in [-0.2, 0) is 16.1 Å². The molecule has 9 heteroatoms. The number of hydrogen-bond acceptors (Lipinski definition) is 7. The number of thioether (sulfide) groups is 2. The fourth-order valence-electron chi connectivity index (χ4n) is 3.53. The summed E-state index contributed by atoms with van der Waals surface area (Å²) in [5, 5.41) is 12.5. The van der Waals surface area contributed by atoms with Crippen molar-refractivity contribution in [3.63, 3.8) is 0 Å². The summed E-state index contributed by atoms with van der Waals surface area (Å²) in [7, 11) is 1.64. The van der Waals surface area contributed by atoms with Gasteiger partial charge >= 0.3 is 0 Å². The van der Waals surface area contributed by atoms with Crippen molar-refractivity contribution in [1.29, 1.82) is 0 Å². The minimum absolute atomic E-state index is 0.0779. The van der Waals surface area contributed by atoms with Gasteiger partial charge in [0.1, 0.15) is 5.75 Å². The molecule has 1 amide bonds. The highest BCUT2D eigenvalue weighted by Gasteiger charge is 2.22. The molecule has 0 aliphatic carbocycles. The van der Waals surface area contributed by atoms with E-state index in [1.807, 2.05) is 54.8 Å². The molecule has 3 aromatic rings. The van der Waals surface area contributed by atoms with Gasteiger partial charge in [-0.3, -0.25) is 9.36 Å². The van der Waals surface area contributed by atoms with Crippen LogP contribution in [0.4, 0.5) is 5.69 Å². The highest BCUT2D eigenvalue weighted by atomic mass is 32.2. The van der Waals surface area contributed by atoms with E-state index >= 15 is 0 Å². The molecule has 1 aromatic heterocycles. The molecule has 1 aliphatic heterocycles. The smallest absolute Gasteiger partial charge is 0.234 e. The zero-order valence-corrected chi connectivity index (χ0v) is 19.7. The molecule has 1 unspecified atom stereocenters. The van der Waals surface area contributed by atoms with Crippen LogP contribution >= 0.6 is 23.5 Å². The Kier molecular flexibility index (Phi) is 7.72. The number of nitrogens with zero attached hydrogens (tertiary/aromatic N) is 3. The molecular formula is C23H26N4O3S2. The van der Waals surface area contributed by atoms with E-state index in [-0.39, 0.29) is 17.8 Å². The van der Waals surface area contributed by atoms with Crippen molar-refractivity contribution in [2.75, 3.05) is 31.0 Å². The second-order valence-corrected chi connectivity index (χ2v) is 9.17. The normalized spacial score (nSPS) is 15.6. The first-order chi connectivity index (χ1) is 15.7. The van der Waals surface area contributed by atoms with Gasteiger partial charge in [-0.2, -0.15) is 0 Å². The summed E-state index contributed by atoms with van der Waals surface area (Å²) in [5.74, 6) is 1.72. The molecule has 0 saturated carbocycles. The van der Waals surface area contributed by atoms with Gasteiger partial charge in [0.25, 0.3) is 0 Å². The van der Waals surface area contributed by atoms with E-state index in [0.717, 1.165) is 47.2 Å². The molecule has 1 atom stereocenters. The summed E-state index contributed by atoms with van der Waals surface area (Å²) in [6.07, 6.45) is 4.21. The Morgan fingerprint density at radius 1 is 1.25 bits per heavy atom. The van der Waals surface area contributed by atoms with Crippen molar-refractivity contribution in [3.8, 4) is 17.1 Å². The van der Waals surface area contributed by atoms with Crippen LogP contribution in [0.15, 0.2) is 58.6 Å². The van der Waals surface area contributed by atoms with Crippen LogP contribution in [0, 0.1) is 0 Å². The van der Waals surface area contributed by atoms with Crippen molar-refractivity contribution in [2.24, 2.45) is 0 Å². The van der Waals surface area contributed by atoms with Gasteiger partial charge in [-0.15, -0.1) is 22.0 Å². The number of carbonyl (C=O) groups excluding carboxylic acids is 1. The van der Waals surface area contributed by atoms with Gasteiger partial charge < -0.3 is 14.8 Å². The summed E-state index contributed by atoms with van der Waals surface area (Å²) in [4.78, 5) is 13.7. The summed E-state index contributed by atoms with van der Waals surface area (Å²) in [6.45, 7) is 1.44. The minimum Gasteiger partial charge on any atom is -0.497 e. The zero-order valence-electron chi connectivity index (χ0n) is 18.1. The summed E-state index contributed by atoms with van der Waals surface area (Å²) in [5.41, 5.74) is 1.74. The van der Waals surface area contributed by atoms with Crippen LogP contribution in [-0.4, -0.2) is 52.5 Å². The lowest BCUT2D eigenvalue weighted by Gasteiger charge is -2.15. The van der Waals surface area contributed by atoms with Crippen LogP contribution in [0.5, 0.6) is 5.75 Å². The summed E-state index contributed by atoms with van der Waals surface area (Å²) < 4.78 is 13.2. The predicted octanol–water partition coefficient (Wildman–Crippen LogP) is 4.59. The molecule has 1 aliphatic rings. The van der Waals surface area contributed by atoms with E-state index in [4.69, 9.17) is 9.47 Å². The van der Waals surface area contributed by atoms with Crippen molar-refractivity contribution in [1.82, 2.24) is 14.8 Å². The van der Waals surface area contributed by atoms with Gasteiger partial charge in [0, 0.05) is 22.8 Å². The third-order valence-corrected chi connectivity index (χ3v) is 6.85. The average molecular weight is 471 g/mol. The van der Waals surface area contributed by atoms with Gasteiger partial charge in [-0.25, -0.2) is 0 Å². The number of benzene rings is 2. The second-order valence-electron chi connectivity index (χ2n) is 7.35. The number of ether oxygens (including phenoxy) is 2. The lowest BCUT2D eigenvalue weighted by Crippen LogP contribution is -2.18. The summed E-state index contributed by atoms with van der Waals surface area (Å²) in [6, 6.07) is 15.6. The standard InChI is InChI=1S/C23H26N4O3S2/c1-29-18-10-8-16(9-11-18)22-25-26-23(27(22)14-19-6-4-12-30-19)32-15-21(28)24-17-5-3-7-20(13-17)31-2/h3,5,7-11,13,19H,4,6,12,14-15H2,1-2H3,(H,24,28). The lowest BCUT2D eigenvalue weighted by molar-refractivity contribution is -0.113. The van der Waals surface area contributed by atoms with Crippen LogP contribution in [0.25, 0.3) is 11.4 Å². The van der Waals surface area contributed by atoms with Crippen molar-refractivity contribution < 1.29 is 14.3 Å². The van der Waals surface area contributed by atoms with E-state index in [1.165, 1.54) is 11.8 Å². The van der Waals surface area contributed by atoms with Crippen LogP contribution < -0.4 is 10.1 Å². The Labute approximate surface area is 196 Å². The first kappa shape index (κ1) is 22.7. The van der Waals surface area contributed by atoms with Gasteiger partial charge in [0.2, 0.25) is 5.91 Å². The lowest BCUT2D eigenvalue weighted by atomic mass is 10.2. The Morgan fingerprint density at radius 2 is 2.09 bits per heavy atom. The Morgan fingerprint density at radius 3 is 2.81 bits per heavy atom. The largest absolute Gasteiger partial charge is 0.497 e. The quantitative estimate of drug-likeness (QED) is 0.459. The highest BCUT2D eigenvalue weighted by Crippen LogP contribution is 2.28. The van der Waals surface area contributed by atoms with Crippen molar-refractivity contribution in [2.45, 2.75) is 35.5 Å². The van der Waals surface area contributed by atoms with Crippen molar-refractivity contribution in [3.05, 3.63) is 48.5 Å². The van der Waals surface area contributed by atoms with Gasteiger partial charge in [-0.05, 0) is 61.6 Å². The molecule has 4 rings (SSSR count). The molecule has 168 valence electrons. The third-order valence-electron chi connectivity index (χ3n) is 5.16. The molecular weight excluding hydrogens is 444 g/mol. The van der Waals surface area contributed by atoms with E-state index in [1.54, 1.807) is 18.9 Å². The second kappa shape index (κ2) is 10.9. The number of aromatic nitrogens is 3. The van der Waals surface area contributed by atoms with Crippen LogP contribution in [0.3, 0.4) is 0 Å². The molecule has 2 heterocycles. The molecule has 32 heavy (non-hydrogen) atoms. The molecule has 2 aromatic carbocycles. The maximum Gasteiger partial charge on any atom is 0.234 e. The number of carbonyl (C=O) groups is 1. The van der Waals surface area contributed by atoms with Gasteiger partial charge in [-0.1, -0.05) is 17.8 Å². The summed E-state index contributed by atoms with van der Waals surface area (Å²) >= 11 is 3.03. The molecule has 1 fully saturated rings. The highest BCUT2D eigenvalue weighted by molar-refractivity contribution is 7.99. The monoisotopic (exact) mass is 470 g/mol. The van der Waals surface area contributed by atoms with Crippen LogP contribution in [0.1, 0.15) is 12.8 Å². The third kappa shape index (κ3) is 5.65. The van der Waals surface area contributed by atoms with E-state index < -0.39 is 0 Å².